The van der Waals surface area contributed by atoms with Gasteiger partial charge in [0.1, 0.15) is 0 Å². The zero-order valence-corrected chi connectivity index (χ0v) is 11.8. The maximum absolute atomic E-state index is 5.62. The molecule has 0 aromatic heterocycles. The molecule has 3 saturated heterocycles. The molecule has 3 aliphatic rings. The maximum atomic E-state index is 5.62. The van der Waals surface area contributed by atoms with Gasteiger partial charge in [-0.2, -0.15) is 0 Å². The predicted octanol–water partition coefficient (Wildman–Crippen LogP) is 1.88. The third-order valence-electron chi connectivity index (χ3n) is 5.43. The number of hydrogen-bond acceptors (Lipinski definition) is 3. The standard InChI is InChI=1S/C15H28N2O/c1-17-8-5-13(6-9-17)15(11-18-12-15)10-14-4-2-3-7-16-14/h13-14,16H,2-12H2,1H3. The minimum Gasteiger partial charge on any atom is -0.380 e. The molecule has 1 N–H and O–H groups in total. The average molecular weight is 252 g/mol. The van der Waals surface area contributed by atoms with Crippen LogP contribution in [0.3, 0.4) is 0 Å². The van der Waals surface area contributed by atoms with Gasteiger partial charge in [-0.15, -0.1) is 0 Å². The van der Waals surface area contributed by atoms with Crippen LogP contribution in [-0.4, -0.2) is 50.8 Å². The van der Waals surface area contributed by atoms with Gasteiger partial charge in [-0.05, 0) is 64.7 Å². The van der Waals surface area contributed by atoms with Crippen molar-refractivity contribution >= 4 is 0 Å². The predicted molar refractivity (Wildman–Crippen MR) is 73.7 cm³/mol. The Morgan fingerprint density at radius 1 is 1.17 bits per heavy atom. The first-order valence-electron chi connectivity index (χ1n) is 7.78. The molecule has 3 fully saturated rings. The van der Waals surface area contributed by atoms with Crippen molar-refractivity contribution in [1.29, 1.82) is 0 Å². The van der Waals surface area contributed by atoms with E-state index >= 15 is 0 Å². The van der Waals surface area contributed by atoms with Crippen molar-refractivity contribution in [1.82, 2.24) is 10.2 Å². The van der Waals surface area contributed by atoms with Crippen molar-refractivity contribution in [2.45, 2.75) is 44.6 Å². The molecule has 0 aromatic rings. The van der Waals surface area contributed by atoms with Crippen LogP contribution in [-0.2, 0) is 4.74 Å². The van der Waals surface area contributed by atoms with Gasteiger partial charge in [0.15, 0.2) is 0 Å². The van der Waals surface area contributed by atoms with Gasteiger partial charge in [0.05, 0.1) is 13.2 Å². The van der Waals surface area contributed by atoms with Crippen LogP contribution >= 0.6 is 0 Å². The number of nitrogens with zero attached hydrogens (tertiary/aromatic N) is 1. The molecule has 3 heteroatoms. The Hall–Kier alpha value is -0.120. The van der Waals surface area contributed by atoms with Gasteiger partial charge in [-0.25, -0.2) is 0 Å². The van der Waals surface area contributed by atoms with E-state index in [0.29, 0.717) is 5.41 Å². The van der Waals surface area contributed by atoms with Crippen molar-refractivity contribution in [2.75, 3.05) is 39.9 Å². The zero-order valence-electron chi connectivity index (χ0n) is 11.8. The van der Waals surface area contributed by atoms with Crippen molar-refractivity contribution in [3.8, 4) is 0 Å². The SMILES string of the molecule is CN1CCC(C2(CC3CCCCN3)COC2)CC1. The lowest BCUT2D eigenvalue weighted by molar-refractivity contribution is -0.163. The zero-order chi connectivity index (χ0) is 12.4. The fraction of sp³-hybridized carbons (Fsp3) is 1.00. The normalized spacial score (nSPS) is 34.2. The second-order valence-corrected chi connectivity index (χ2v) is 6.78. The van der Waals surface area contributed by atoms with E-state index in [9.17, 15) is 0 Å². The molecule has 0 bridgehead atoms. The fourth-order valence-corrected chi connectivity index (χ4v) is 4.09. The summed E-state index contributed by atoms with van der Waals surface area (Å²) in [5.74, 6) is 0.908. The number of hydrogen-bond donors (Lipinski definition) is 1. The molecule has 1 atom stereocenters. The Morgan fingerprint density at radius 2 is 1.94 bits per heavy atom. The Labute approximate surface area is 111 Å². The van der Waals surface area contributed by atoms with E-state index < -0.39 is 0 Å². The summed E-state index contributed by atoms with van der Waals surface area (Å²) in [7, 11) is 2.25. The molecule has 18 heavy (non-hydrogen) atoms. The van der Waals surface area contributed by atoms with Crippen LogP contribution in [0.4, 0.5) is 0 Å². The Kier molecular flexibility index (Phi) is 3.92. The van der Waals surface area contributed by atoms with Crippen molar-refractivity contribution < 1.29 is 4.74 Å². The lowest BCUT2D eigenvalue weighted by atomic mass is 9.65. The second kappa shape index (κ2) is 5.48. The fourth-order valence-electron chi connectivity index (χ4n) is 4.09. The van der Waals surface area contributed by atoms with Gasteiger partial charge in [0.25, 0.3) is 0 Å². The first-order chi connectivity index (χ1) is 8.78. The van der Waals surface area contributed by atoms with Gasteiger partial charge in [0.2, 0.25) is 0 Å². The van der Waals surface area contributed by atoms with E-state index in [1.807, 2.05) is 0 Å². The highest BCUT2D eigenvalue weighted by Gasteiger charge is 2.47. The molecule has 3 aliphatic heterocycles. The molecule has 0 aromatic carbocycles. The van der Waals surface area contributed by atoms with Crippen LogP contribution in [0.25, 0.3) is 0 Å². The quantitative estimate of drug-likeness (QED) is 0.830. The molecule has 0 radical (unpaired) electrons. The number of rotatable bonds is 3. The number of piperidine rings is 2. The van der Waals surface area contributed by atoms with Crippen molar-refractivity contribution in [2.24, 2.45) is 11.3 Å². The van der Waals surface area contributed by atoms with Crippen LogP contribution in [0.1, 0.15) is 38.5 Å². The first kappa shape index (κ1) is 12.9. The molecule has 0 amide bonds. The van der Waals surface area contributed by atoms with Gasteiger partial charge in [0, 0.05) is 11.5 Å². The van der Waals surface area contributed by atoms with Crippen molar-refractivity contribution in [3.63, 3.8) is 0 Å². The van der Waals surface area contributed by atoms with E-state index in [0.717, 1.165) is 25.2 Å². The summed E-state index contributed by atoms with van der Waals surface area (Å²) in [5.41, 5.74) is 0.524. The molecular formula is C15H28N2O. The summed E-state index contributed by atoms with van der Waals surface area (Å²) in [6.07, 6.45) is 8.30. The largest absolute Gasteiger partial charge is 0.380 e. The number of nitrogens with one attached hydrogen (secondary N) is 1. The molecule has 3 rings (SSSR count). The molecule has 3 heterocycles. The Morgan fingerprint density at radius 3 is 2.50 bits per heavy atom. The van der Waals surface area contributed by atoms with E-state index in [1.165, 1.54) is 58.2 Å². The highest BCUT2D eigenvalue weighted by Crippen LogP contribution is 2.45. The molecular weight excluding hydrogens is 224 g/mol. The Balaban J connectivity index is 1.59. The lowest BCUT2D eigenvalue weighted by Gasteiger charge is -2.51. The summed E-state index contributed by atoms with van der Waals surface area (Å²) >= 11 is 0. The van der Waals surface area contributed by atoms with E-state index in [1.54, 1.807) is 0 Å². The highest BCUT2D eigenvalue weighted by molar-refractivity contribution is 4.97. The van der Waals surface area contributed by atoms with Crippen LogP contribution in [0.5, 0.6) is 0 Å². The minimum atomic E-state index is 0.524. The van der Waals surface area contributed by atoms with Gasteiger partial charge in [-0.1, -0.05) is 6.42 Å². The first-order valence-corrected chi connectivity index (χ1v) is 7.78. The average Bonchev–Trinajstić information content (AvgIpc) is 2.36. The summed E-state index contributed by atoms with van der Waals surface area (Å²) in [4.78, 5) is 2.47. The molecule has 1 unspecified atom stereocenters. The number of ether oxygens (including phenoxy) is 1. The van der Waals surface area contributed by atoms with Crippen LogP contribution in [0, 0.1) is 11.3 Å². The smallest absolute Gasteiger partial charge is 0.0548 e. The third kappa shape index (κ3) is 2.59. The maximum Gasteiger partial charge on any atom is 0.0548 e. The Bertz CT molecular complexity index is 264. The molecule has 0 spiro atoms. The minimum absolute atomic E-state index is 0.524. The lowest BCUT2D eigenvalue weighted by Crippen LogP contribution is -2.54. The third-order valence-corrected chi connectivity index (χ3v) is 5.43. The van der Waals surface area contributed by atoms with E-state index in [2.05, 4.69) is 17.3 Å². The van der Waals surface area contributed by atoms with Crippen molar-refractivity contribution in [3.05, 3.63) is 0 Å². The summed E-state index contributed by atoms with van der Waals surface area (Å²) < 4.78 is 5.62. The van der Waals surface area contributed by atoms with Gasteiger partial charge in [-0.3, -0.25) is 0 Å². The summed E-state index contributed by atoms with van der Waals surface area (Å²) in [6.45, 7) is 5.85. The molecule has 104 valence electrons. The summed E-state index contributed by atoms with van der Waals surface area (Å²) in [6, 6.07) is 0.766. The molecule has 0 aliphatic carbocycles. The van der Waals surface area contributed by atoms with Crippen LogP contribution in [0.15, 0.2) is 0 Å². The van der Waals surface area contributed by atoms with Gasteiger partial charge < -0.3 is 15.0 Å². The second-order valence-electron chi connectivity index (χ2n) is 6.78. The van der Waals surface area contributed by atoms with Crippen LogP contribution in [0.2, 0.25) is 0 Å². The summed E-state index contributed by atoms with van der Waals surface area (Å²) in [5, 5.41) is 3.72. The van der Waals surface area contributed by atoms with Crippen LogP contribution < -0.4 is 5.32 Å². The monoisotopic (exact) mass is 252 g/mol. The highest BCUT2D eigenvalue weighted by atomic mass is 16.5. The molecule has 3 nitrogen and oxygen atoms in total. The van der Waals surface area contributed by atoms with Gasteiger partial charge >= 0.3 is 0 Å². The van der Waals surface area contributed by atoms with E-state index in [-0.39, 0.29) is 0 Å². The topological polar surface area (TPSA) is 24.5 Å². The molecule has 0 saturated carbocycles. The number of likely N-dealkylation sites (tertiary alicyclic amines) is 1. The van der Waals surface area contributed by atoms with E-state index in [4.69, 9.17) is 4.74 Å².